The molecule has 0 aliphatic carbocycles. The average Bonchev–Trinajstić information content (AvgIpc) is 1.86. The maximum absolute atomic E-state index is 11.0. The molecule has 0 amide bonds. The molecule has 64 valence electrons. The summed E-state index contributed by atoms with van der Waals surface area (Å²) in [4.78, 5) is 21.5. The molecule has 0 aromatic heterocycles. The Morgan fingerprint density at radius 1 is 1.18 bits per heavy atom. The van der Waals surface area contributed by atoms with Crippen LogP contribution in [0.3, 0.4) is 0 Å². The first-order valence-corrected chi connectivity index (χ1v) is 4.06. The van der Waals surface area contributed by atoms with E-state index in [0.29, 0.717) is 19.3 Å². The van der Waals surface area contributed by atoms with Crippen LogP contribution in [0.1, 0.15) is 40.0 Å². The van der Waals surface area contributed by atoms with E-state index in [0.717, 1.165) is 0 Å². The van der Waals surface area contributed by atoms with Gasteiger partial charge in [0.1, 0.15) is 11.6 Å². The van der Waals surface area contributed by atoms with E-state index in [2.05, 4.69) is 0 Å². The van der Waals surface area contributed by atoms with E-state index in [9.17, 15) is 9.59 Å². The highest BCUT2D eigenvalue weighted by atomic mass is 16.1. The number of Topliss-reactive ketones (excluding diaryl/α,β-unsaturated/α-hetero) is 2. The van der Waals surface area contributed by atoms with Crippen LogP contribution in [0.15, 0.2) is 0 Å². The van der Waals surface area contributed by atoms with Gasteiger partial charge in [0, 0.05) is 18.8 Å². The van der Waals surface area contributed by atoms with E-state index in [-0.39, 0.29) is 17.5 Å². The average molecular weight is 156 g/mol. The van der Waals surface area contributed by atoms with Gasteiger partial charge in [0.25, 0.3) is 0 Å². The van der Waals surface area contributed by atoms with E-state index in [1.54, 1.807) is 6.92 Å². The van der Waals surface area contributed by atoms with Gasteiger partial charge in [0.05, 0.1) is 0 Å². The molecule has 0 fully saturated rings. The van der Waals surface area contributed by atoms with Gasteiger partial charge in [-0.2, -0.15) is 0 Å². The standard InChI is InChI=1S/C9H16O2/c1-7(2)9(11)6-4-5-8(3)10/h7H,4-6H2,1-3H3. The van der Waals surface area contributed by atoms with Crippen LogP contribution >= 0.6 is 0 Å². The van der Waals surface area contributed by atoms with E-state index in [1.807, 2.05) is 13.8 Å². The lowest BCUT2D eigenvalue weighted by Crippen LogP contribution is -2.06. The quantitative estimate of drug-likeness (QED) is 0.609. The lowest BCUT2D eigenvalue weighted by molar-refractivity contribution is -0.122. The first kappa shape index (κ1) is 10.3. The van der Waals surface area contributed by atoms with Gasteiger partial charge in [-0.15, -0.1) is 0 Å². The third-order valence-electron chi connectivity index (χ3n) is 1.60. The van der Waals surface area contributed by atoms with Crippen LogP contribution in [0.2, 0.25) is 0 Å². The molecule has 0 unspecified atom stereocenters. The molecule has 0 aliphatic rings. The van der Waals surface area contributed by atoms with Crippen LogP contribution < -0.4 is 0 Å². The van der Waals surface area contributed by atoms with Crippen molar-refractivity contribution in [2.75, 3.05) is 0 Å². The maximum Gasteiger partial charge on any atom is 0.135 e. The van der Waals surface area contributed by atoms with Gasteiger partial charge in [-0.25, -0.2) is 0 Å². The first-order valence-electron chi connectivity index (χ1n) is 4.06. The minimum Gasteiger partial charge on any atom is -0.300 e. The summed E-state index contributed by atoms with van der Waals surface area (Å²) >= 11 is 0. The molecule has 0 aromatic rings. The molecule has 2 nitrogen and oxygen atoms in total. The lowest BCUT2D eigenvalue weighted by atomic mass is 10.0. The highest BCUT2D eigenvalue weighted by molar-refractivity contribution is 5.81. The molecule has 0 rings (SSSR count). The SMILES string of the molecule is CC(=O)CCCC(=O)C(C)C. The number of hydrogen-bond acceptors (Lipinski definition) is 2. The first-order chi connectivity index (χ1) is 5.04. The molecule has 2 heteroatoms. The molecular formula is C9H16O2. The molecule has 0 heterocycles. The molecular weight excluding hydrogens is 140 g/mol. The van der Waals surface area contributed by atoms with Crippen molar-refractivity contribution in [3.8, 4) is 0 Å². The van der Waals surface area contributed by atoms with Gasteiger partial charge in [-0.3, -0.25) is 4.79 Å². The van der Waals surface area contributed by atoms with Gasteiger partial charge in [-0.05, 0) is 13.3 Å². The van der Waals surface area contributed by atoms with Crippen molar-refractivity contribution in [2.24, 2.45) is 5.92 Å². The summed E-state index contributed by atoms with van der Waals surface area (Å²) in [5, 5.41) is 0. The number of carbonyl (C=O) groups is 2. The number of ketones is 2. The molecule has 0 bridgehead atoms. The molecule has 0 saturated carbocycles. The molecule has 11 heavy (non-hydrogen) atoms. The third-order valence-corrected chi connectivity index (χ3v) is 1.60. The minimum atomic E-state index is 0.113. The smallest absolute Gasteiger partial charge is 0.135 e. The summed E-state index contributed by atoms with van der Waals surface area (Å²) < 4.78 is 0. The van der Waals surface area contributed by atoms with Crippen molar-refractivity contribution >= 4 is 11.6 Å². The number of carbonyl (C=O) groups excluding carboxylic acids is 2. The molecule has 0 aliphatic heterocycles. The molecule has 0 N–H and O–H groups in total. The third kappa shape index (κ3) is 5.77. The molecule has 0 aromatic carbocycles. The summed E-state index contributed by atoms with van der Waals surface area (Å²) in [5.41, 5.74) is 0. The van der Waals surface area contributed by atoms with Crippen molar-refractivity contribution in [3.05, 3.63) is 0 Å². The fourth-order valence-electron chi connectivity index (χ4n) is 0.800. The highest BCUT2D eigenvalue weighted by Crippen LogP contribution is 2.03. The van der Waals surface area contributed by atoms with Crippen LogP contribution in [-0.4, -0.2) is 11.6 Å². The molecule has 0 spiro atoms. The summed E-state index contributed by atoms with van der Waals surface area (Å²) in [5.74, 6) is 0.537. The van der Waals surface area contributed by atoms with Crippen LogP contribution in [0.5, 0.6) is 0 Å². The maximum atomic E-state index is 11.0. The minimum absolute atomic E-state index is 0.113. The Kier molecular flexibility index (Phi) is 4.75. The predicted molar refractivity (Wildman–Crippen MR) is 44.4 cm³/mol. The zero-order valence-electron chi connectivity index (χ0n) is 7.52. The fourth-order valence-corrected chi connectivity index (χ4v) is 0.800. The second-order valence-corrected chi connectivity index (χ2v) is 3.18. The van der Waals surface area contributed by atoms with Crippen molar-refractivity contribution in [3.63, 3.8) is 0 Å². The van der Waals surface area contributed by atoms with E-state index >= 15 is 0 Å². The number of rotatable bonds is 5. The summed E-state index contributed by atoms with van der Waals surface area (Å²) in [6.07, 6.45) is 1.81. The Morgan fingerprint density at radius 3 is 2.09 bits per heavy atom. The second-order valence-electron chi connectivity index (χ2n) is 3.18. The van der Waals surface area contributed by atoms with Gasteiger partial charge < -0.3 is 4.79 Å². The van der Waals surface area contributed by atoms with Crippen molar-refractivity contribution in [2.45, 2.75) is 40.0 Å². The molecule has 0 atom stereocenters. The number of hydrogen-bond donors (Lipinski definition) is 0. The Bertz CT molecular complexity index is 148. The van der Waals surface area contributed by atoms with Crippen LogP contribution in [0, 0.1) is 5.92 Å². The normalized spacial score (nSPS) is 10.2. The Hall–Kier alpha value is -0.660. The van der Waals surface area contributed by atoms with E-state index in [1.165, 1.54) is 0 Å². The second kappa shape index (κ2) is 5.05. The summed E-state index contributed by atoms with van der Waals surface area (Å²) in [7, 11) is 0. The highest BCUT2D eigenvalue weighted by Gasteiger charge is 2.06. The van der Waals surface area contributed by atoms with Crippen molar-refractivity contribution in [1.82, 2.24) is 0 Å². The van der Waals surface area contributed by atoms with Gasteiger partial charge in [-0.1, -0.05) is 13.8 Å². The Labute approximate surface area is 68.0 Å². The van der Waals surface area contributed by atoms with Crippen molar-refractivity contribution < 1.29 is 9.59 Å². The van der Waals surface area contributed by atoms with Crippen molar-refractivity contribution in [1.29, 1.82) is 0 Å². The summed E-state index contributed by atoms with van der Waals surface area (Å²) in [6, 6.07) is 0. The summed E-state index contributed by atoms with van der Waals surface area (Å²) in [6.45, 7) is 5.33. The van der Waals surface area contributed by atoms with Crippen LogP contribution in [0.4, 0.5) is 0 Å². The van der Waals surface area contributed by atoms with Crippen LogP contribution in [0.25, 0.3) is 0 Å². The fraction of sp³-hybridized carbons (Fsp3) is 0.778. The lowest BCUT2D eigenvalue weighted by Gasteiger charge is -2.01. The zero-order chi connectivity index (χ0) is 8.85. The van der Waals surface area contributed by atoms with Crippen LogP contribution in [-0.2, 0) is 9.59 Å². The van der Waals surface area contributed by atoms with E-state index in [4.69, 9.17) is 0 Å². The Morgan fingerprint density at radius 2 is 1.73 bits per heavy atom. The Balaban J connectivity index is 3.39. The zero-order valence-corrected chi connectivity index (χ0v) is 7.52. The van der Waals surface area contributed by atoms with Gasteiger partial charge in [0.2, 0.25) is 0 Å². The monoisotopic (exact) mass is 156 g/mol. The topological polar surface area (TPSA) is 34.1 Å². The molecule has 0 saturated heterocycles. The van der Waals surface area contributed by atoms with Gasteiger partial charge in [0.15, 0.2) is 0 Å². The van der Waals surface area contributed by atoms with Gasteiger partial charge >= 0.3 is 0 Å². The predicted octanol–water partition coefficient (Wildman–Crippen LogP) is 1.97. The molecule has 0 radical (unpaired) electrons. The van der Waals surface area contributed by atoms with E-state index < -0.39 is 0 Å². The largest absolute Gasteiger partial charge is 0.300 e.